The third-order valence-electron chi connectivity index (χ3n) is 4.00. The number of nitrogens with zero attached hydrogens (tertiary/aromatic N) is 3. The smallest absolute Gasteiger partial charge is 0.311 e. The molecule has 0 spiro atoms. The van der Waals surface area contributed by atoms with Gasteiger partial charge in [0.25, 0.3) is 0 Å². The molecule has 9 nitrogen and oxygen atoms in total. The van der Waals surface area contributed by atoms with Crippen molar-refractivity contribution in [1.82, 2.24) is 14.5 Å². The Hall–Kier alpha value is -1.37. The molecule has 0 saturated carbocycles. The van der Waals surface area contributed by atoms with Gasteiger partial charge in [-0.15, -0.1) is 0 Å². The highest BCUT2D eigenvalue weighted by Gasteiger charge is 2.47. The predicted octanol–water partition coefficient (Wildman–Crippen LogP) is 1.14. The third-order valence-corrected chi connectivity index (χ3v) is 5.62. The molecule has 3 N–H and O–H groups in total. The number of hydrogen-bond acceptors (Lipinski definition) is 9. The second-order valence-electron chi connectivity index (χ2n) is 7.62. The number of aromatic nitrogens is 3. The summed E-state index contributed by atoms with van der Waals surface area (Å²) in [6.45, 7) is 9.88. The van der Waals surface area contributed by atoms with Gasteiger partial charge in [0.1, 0.15) is 18.3 Å². The van der Waals surface area contributed by atoms with Crippen molar-refractivity contribution in [2.45, 2.75) is 64.0 Å². The van der Waals surface area contributed by atoms with Crippen molar-refractivity contribution in [2.75, 3.05) is 12.3 Å². The lowest BCUT2D eigenvalue weighted by atomic mass is 10.1. The Kier molecular flexibility index (Phi) is 5.71. The van der Waals surface area contributed by atoms with E-state index in [1.54, 1.807) is 0 Å². The van der Waals surface area contributed by atoms with Crippen molar-refractivity contribution in [3.8, 4) is 0 Å². The van der Waals surface area contributed by atoms with Crippen LogP contribution in [0.5, 0.6) is 0 Å². The van der Waals surface area contributed by atoms with Crippen molar-refractivity contribution < 1.29 is 19.0 Å². The number of anilines is 1. The summed E-state index contributed by atoms with van der Waals surface area (Å²) in [5.41, 5.74) is 5.69. The van der Waals surface area contributed by atoms with E-state index < -0.39 is 33.6 Å². The van der Waals surface area contributed by atoms with E-state index in [1.807, 2.05) is 33.9 Å². The lowest BCUT2D eigenvalue weighted by Gasteiger charge is -2.24. The first-order valence-electron chi connectivity index (χ1n) is 8.64. The van der Waals surface area contributed by atoms with Crippen LogP contribution >= 0.6 is 11.3 Å². The van der Waals surface area contributed by atoms with Crippen molar-refractivity contribution in [3.63, 3.8) is 0 Å². The largest absolute Gasteiger partial charge is 0.407 e. The Morgan fingerprint density at radius 3 is 2.78 bits per heavy atom. The Labute approximate surface area is 162 Å². The summed E-state index contributed by atoms with van der Waals surface area (Å²) < 4.78 is 19.8. The van der Waals surface area contributed by atoms with Crippen LogP contribution in [0.1, 0.15) is 27.0 Å². The number of nitrogen functional groups attached to an aromatic ring is 1. The first-order valence-corrected chi connectivity index (χ1v) is 11.9. The highest BCUT2D eigenvalue weighted by molar-refractivity contribution is 7.16. The summed E-state index contributed by atoms with van der Waals surface area (Å²) in [5.74, 6) is 0.0633. The monoisotopic (exact) mass is 413 g/mol. The molecule has 27 heavy (non-hydrogen) atoms. The molecule has 1 aliphatic rings. The quantitative estimate of drug-likeness (QED) is 0.700. The van der Waals surface area contributed by atoms with E-state index in [2.05, 4.69) is 9.97 Å². The zero-order valence-electron chi connectivity index (χ0n) is 16.0. The number of nitrogens with two attached hydrogens (primary N) is 1. The summed E-state index contributed by atoms with van der Waals surface area (Å²) in [4.78, 5) is 20.5. The molecule has 1 fully saturated rings. The summed E-state index contributed by atoms with van der Waals surface area (Å²) in [5, 5.41) is 10.8. The molecule has 11 heteroatoms. The van der Waals surface area contributed by atoms with E-state index in [1.165, 1.54) is 10.8 Å². The van der Waals surface area contributed by atoms with Crippen LogP contribution in [-0.4, -0.2) is 59.2 Å². The van der Waals surface area contributed by atoms with E-state index >= 15 is 0 Å². The van der Waals surface area contributed by atoms with E-state index in [4.69, 9.17) is 19.6 Å². The molecular weight excluding hydrogens is 388 g/mol. The lowest BCUT2D eigenvalue weighted by molar-refractivity contribution is -0.0992. The fourth-order valence-corrected chi connectivity index (χ4v) is 4.49. The van der Waals surface area contributed by atoms with Gasteiger partial charge in [0.2, 0.25) is 15.0 Å². The van der Waals surface area contributed by atoms with Crippen molar-refractivity contribution in [2.24, 2.45) is 0 Å². The number of rotatable bonds is 5. The number of fused-ring (bicyclic) bond motifs is 1. The van der Waals surface area contributed by atoms with Gasteiger partial charge in [-0.05, 0) is 33.9 Å². The van der Waals surface area contributed by atoms with Crippen molar-refractivity contribution in [1.29, 1.82) is 0 Å². The molecule has 2 aromatic heterocycles. The molecule has 0 bridgehead atoms. The van der Waals surface area contributed by atoms with Gasteiger partial charge < -0.3 is 24.7 Å². The van der Waals surface area contributed by atoms with Crippen LogP contribution in [0.25, 0.3) is 10.3 Å². The first-order chi connectivity index (χ1) is 12.6. The van der Waals surface area contributed by atoms with Crippen molar-refractivity contribution in [3.05, 3.63) is 15.9 Å². The Morgan fingerprint density at radius 1 is 1.44 bits per heavy atom. The van der Waals surface area contributed by atoms with E-state index in [-0.39, 0.29) is 23.0 Å². The number of ether oxygens (including phenoxy) is 2. The molecule has 1 saturated heterocycles. The zero-order valence-corrected chi connectivity index (χ0v) is 17.8. The molecule has 4 atom stereocenters. The van der Waals surface area contributed by atoms with Crippen molar-refractivity contribution >= 4 is 36.7 Å². The highest BCUT2D eigenvalue weighted by Crippen LogP contribution is 2.34. The average Bonchev–Trinajstić information content (AvgIpc) is 3.01. The van der Waals surface area contributed by atoms with Crippen LogP contribution in [0.3, 0.4) is 0 Å². The molecule has 0 aliphatic carbocycles. The Bertz CT molecular complexity index is 865. The number of aliphatic hydroxyl groups is 1. The molecular formula is C16H25N4O5SSi. The van der Waals surface area contributed by atoms with Gasteiger partial charge in [-0.25, -0.2) is 4.98 Å². The topological polar surface area (TPSA) is 122 Å². The second-order valence-corrected chi connectivity index (χ2v) is 10.7. The predicted molar refractivity (Wildman–Crippen MR) is 104 cm³/mol. The highest BCUT2D eigenvalue weighted by atomic mass is 32.1. The van der Waals surface area contributed by atoms with Crippen LogP contribution in [0.15, 0.2) is 11.0 Å². The normalized spacial score (nSPS) is 26.3. The molecule has 3 heterocycles. The van der Waals surface area contributed by atoms with Crippen LogP contribution in [0.2, 0.25) is 13.1 Å². The summed E-state index contributed by atoms with van der Waals surface area (Å²) >= 11 is 1.00. The number of thiazole rings is 1. The molecule has 0 aromatic carbocycles. The van der Waals surface area contributed by atoms with Gasteiger partial charge in [-0.1, -0.05) is 11.3 Å². The van der Waals surface area contributed by atoms with E-state index in [0.29, 0.717) is 10.3 Å². The molecule has 0 unspecified atom stereocenters. The minimum atomic E-state index is -1.16. The van der Waals surface area contributed by atoms with Crippen LogP contribution < -0.4 is 10.6 Å². The number of aliphatic hydroxyl groups excluding tert-OH is 1. The van der Waals surface area contributed by atoms with Gasteiger partial charge >= 0.3 is 4.87 Å². The van der Waals surface area contributed by atoms with Gasteiger partial charge in [-0.2, -0.15) is 4.98 Å². The first kappa shape index (κ1) is 20.4. The summed E-state index contributed by atoms with van der Waals surface area (Å²) in [6, 6.07) is 0. The summed E-state index contributed by atoms with van der Waals surface area (Å²) in [6.07, 6.45) is -1.56. The molecule has 0 amide bonds. The van der Waals surface area contributed by atoms with E-state index in [0.717, 1.165) is 11.3 Å². The maximum atomic E-state index is 12.6. The molecule has 3 rings (SSSR count). The van der Waals surface area contributed by atoms with Gasteiger partial charge in [0.05, 0.1) is 23.1 Å². The van der Waals surface area contributed by atoms with E-state index in [9.17, 15) is 9.90 Å². The maximum absolute atomic E-state index is 12.6. The average molecular weight is 414 g/mol. The molecule has 1 radical (unpaired) electrons. The molecule has 149 valence electrons. The fraction of sp³-hybridized carbons (Fsp3) is 0.688. The Balaban J connectivity index is 1.98. The van der Waals surface area contributed by atoms with Crippen LogP contribution in [0.4, 0.5) is 5.95 Å². The molecule has 1 aliphatic heterocycles. The summed E-state index contributed by atoms with van der Waals surface area (Å²) in [7, 11) is -1.16. The molecule has 2 aromatic rings. The third kappa shape index (κ3) is 4.38. The van der Waals surface area contributed by atoms with Crippen LogP contribution in [0, 0.1) is 0 Å². The van der Waals surface area contributed by atoms with Gasteiger partial charge in [0, 0.05) is 0 Å². The SMILES string of the molecule is C[Si](C)O[C@@H]1[C@H](O)[C@@H](COC(C)(C)C)O[C@H]1n1c(=O)sc2cnc(N)nc21. The van der Waals surface area contributed by atoms with Gasteiger partial charge in [0.15, 0.2) is 11.9 Å². The van der Waals surface area contributed by atoms with Crippen LogP contribution in [-0.2, 0) is 13.9 Å². The standard InChI is InChI=1S/C16H25N4O5SSi/c1-16(2,3)23-7-8-10(21)11(25-27(4)5)13(24-8)20-12-9(26-15(20)22)6-18-14(17)19-12/h6,8,10-11,13,21H,7H2,1-5H3,(H2,17,18,19)/t8-,10-,11-,13-/m1/s1. The van der Waals surface area contributed by atoms with Gasteiger partial charge in [-0.3, -0.25) is 9.36 Å². The maximum Gasteiger partial charge on any atom is 0.311 e. The fourth-order valence-electron chi connectivity index (χ4n) is 2.87. The second kappa shape index (κ2) is 7.57. The lowest BCUT2D eigenvalue weighted by Crippen LogP contribution is -2.40. The zero-order chi connectivity index (χ0) is 19.9. The number of hydrogen-bond donors (Lipinski definition) is 2. The minimum Gasteiger partial charge on any atom is -0.407 e. The Morgan fingerprint density at radius 2 is 2.15 bits per heavy atom. The minimum absolute atomic E-state index is 0.0633.